The van der Waals surface area contributed by atoms with Crippen LogP contribution in [0.25, 0.3) is 0 Å². The van der Waals surface area contributed by atoms with Crippen LogP contribution in [-0.4, -0.2) is 42.3 Å². The molecule has 0 saturated carbocycles. The molecule has 0 spiro atoms. The maximum absolute atomic E-state index is 13.0. The van der Waals surface area contributed by atoms with E-state index >= 15 is 0 Å². The van der Waals surface area contributed by atoms with E-state index in [0.29, 0.717) is 17.8 Å². The molecule has 1 heterocycles. The van der Waals surface area contributed by atoms with E-state index in [4.69, 9.17) is 21.6 Å². The van der Waals surface area contributed by atoms with Gasteiger partial charge in [0, 0.05) is 12.2 Å². The zero-order valence-electron chi connectivity index (χ0n) is 17.6. The lowest BCUT2D eigenvalue weighted by Crippen LogP contribution is -2.55. The summed E-state index contributed by atoms with van der Waals surface area (Å²) in [6.45, 7) is 6.81. The van der Waals surface area contributed by atoms with Gasteiger partial charge in [-0.2, -0.15) is 5.26 Å². The van der Waals surface area contributed by atoms with Crippen LogP contribution in [0.2, 0.25) is 5.02 Å². The Morgan fingerprint density at radius 1 is 1.29 bits per heavy atom. The zero-order chi connectivity index (χ0) is 22.8. The molecule has 2 aromatic carbocycles. The molecule has 31 heavy (non-hydrogen) atoms. The Labute approximate surface area is 186 Å². The van der Waals surface area contributed by atoms with Crippen LogP contribution in [0.3, 0.4) is 0 Å². The van der Waals surface area contributed by atoms with Gasteiger partial charge < -0.3 is 20.1 Å². The van der Waals surface area contributed by atoms with Crippen molar-refractivity contribution in [2.75, 3.05) is 23.4 Å². The Morgan fingerprint density at radius 3 is 2.55 bits per heavy atom. The van der Waals surface area contributed by atoms with Crippen molar-refractivity contribution in [1.82, 2.24) is 0 Å². The van der Waals surface area contributed by atoms with E-state index < -0.39 is 24.0 Å². The number of ether oxygens (including phenoxy) is 1. The summed E-state index contributed by atoms with van der Waals surface area (Å²) in [7, 11) is 0. The largest absolute Gasteiger partial charge is 0.380 e. The van der Waals surface area contributed by atoms with Gasteiger partial charge in [0.1, 0.15) is 0 Å². The van der Waals surface area contributed by atoms with E-state index in [2.05, 4.69) is 26.1 Å². The predicted molar refractivity (Wildman–Crippen MR) is 118 cm³/mol. The van der Waals surface area contributed by atoms with E-state index in [0.717, 1.165) is 5.56 Å². The highest BCUT2D eigenvalue weighted by atomic mass is 35.5. The minimum absolute atomic E-state index is 0.0168. The quantitative estimate of drug-likeness (QED) is 0.758. The van der Waals surface area contributed by atoms with Gasteiger partial charge in [0.05, 0.1) is 28.9 Å². The second-order valence-corrected chi connectivity index (χ2v) is 8.73. The van der Waals surface area contributed by atoms with Crippen molar-refractivity contribution in [3.05, 3.63) is 58.6 Å². The molecule has 3 rings (SSSR count). The Hall–Kier alpha value is -2.92. The third-order valence-electron chi connectivity index (χ3n) is 5.08. The first-order valence-corrected chi connectivity index (χ1v) is 10.2. The van der Waals surface area contributed by atoms with Crippen LogP contribution in [0.15, 0.2) is 42.5 Å². The first-order valence-electron chi connectivity index (χ1n) is 9.84. The number of anilines is 2. The summed E-state index contributed by atoms with van der Waals surface area (Å²) in [5, 5.41) is 22.0. The number of carbonyl (C=O) groups excluding carboxylic acids is 2. The molecule has 162 valence electrons. The average Bonchev–Trinajstić information content (AvgIpc) is 2.74. The number of rotatable bonds is 4. The summed E-state index contributed by atoms with van der Waals surface area (Å²) in [5.41, 5.74) is 2.35. The average molecular weight is 442 g/mol. The van der Waals surface area contributed by atoms with Crippen molar-refractivity contribution < 1.29 is 19.4 Å². The smallest absolute Gasteiger partial charge is 0.259 e. The molecule has 2 atom stereocenters. The molecule has 2 aromatic rings. The molecule has 1 aliphatic heterocycles. The van der Waals surface area contributed by atoms with Gasteiger partial charge in [-0.1, -0.05) is 44.5 Å². The summed E-state index contributed by atoms with van der Waals surface area (Å²) >= 11 is 6.07. The summed E-state index contributed by atoms with van der Waals surface area (Å²) < 4.78 is 5.43. The van der Waals surface area contributed by atoms with Crippen molar-refractivity contribution >= 4 is 34.8 Å². The number of halogens is 1. The molecule has 0 aliphatic carbocycles. The van der Waals surface area contributed by atoms with Crippen LogP contribution < -0.4 is 10.2 Å². The van der Waals surface area contributed by atoms with Crippen LogP contribution >= 0.6 is 11.6 Å². The Kier molecular flexibility index (Phi) is 6.65. The van der Waals surface area contributed by atoms with Gasteiger partial charge in [0.25, 0.3) is 11.8 Å². The normalized spacial score (nSPS) is 17.7. The van der Waals surface area contributed by atoms with Gasteiger partial charge in [0.2, 0.25) is 0 Å². The fourth-order valence-corrected chi connectivity index (χ4v) is 3.49. The summed E-state index contributed by atoms with van der Waals surface area (Å²) in [6, 6.07) is 13.9. The van der Waals surface area contributed by atoms with Gasteiger partial charge in [0.15, 0.2) is 12.2 Å². The molecule has 1 fully saturated rings. The molecular formula is C23H24ClN3O4. The van der Waals surface area contributed by atoms with Crippen molar-refractivity contribution in [3.63, 3.8) is 0 Å². The van der Waals surface area contributed by atoms with E-state index in [-0.39, 0.29) is 22.7 Å². The van der Waals surface area contributed by atoms with Gasteiger partial charge in [-0.3, -0.25) is 9.59 Å². The Balaban J connectivity index is 1.73. The number of nitriles is 1. The number of nitrogens with zero attached hydrogens (tertiary/aromatic N) is 2. The second-order valence-electron chi connectivity index (χ2n) is 8.32. The number of hydrogen-bond donors (Lipinski definition) is 2. The van der Waals surface area contributed by atoms with Crippen molar-refractivity contribution in [3.8, 4) is 6.07 Å². The third-order valence-corrected chi connectivity index (χ3v) is 5.39. The Bertz CT molecular complexity index is 1020. The highest BCUT2D eigenvalue weighted by Gasteiger charge is 2.39. The monoisotopic (exact) mass is 441 g/mol. The van der Waals surface area contributed by atoms with Gasteiger partial charge in [-0.15, -0.1) is 0 Å². The molecule has 7 nitrogen and oxygen atoms in total. The van der Waals surface area contributed by atoms with Crippen molar-refractivity contribution in [2.45, 2.75) is 38.4 Å². The van der Waals surface area contributed by atoms with E-state index in [1.54, 1.807) is 0 Å². The molecule has 1 saturated heterocycles. The van der Waals surface area contributed by atoms with Crippen LogP contribution in [-0.2, 0) is 19.7 Å². The maximum atomic E-state index is 13.0. The molecule has 8 heteroatoms. The minimum atomic E-state index is -1.73. The van der Waals surface area contributed by atoms with E-state index in [9.17, 15) is 14.7 Å². The number of nitrogens with one attached hydrogen (secondary N) is 1. The fraction of sp³-hybridized carbons (Fsp3) is 0.348. The van der Waals surface area contributed by atoms with Gasteiger partial charge >= 0.3 is 0 Å². The summed E-state index contributed by atoms with van der Waals surface area (Å²) in [4.78, 5) is 27.0. The highest BCUT2D eigenvalue weighted by Crippen LogP contribution is 2.27. The molecule has 0 radical (unpaired) electrons. The first-order chi connectivity index (χ1) is 14.6. The summed E-state index contributed by atoms with van der Waals surface area (Å²) in [5.74, 6) is -1.32. The lowest BCUT2D eigenvalue weighted by atomic mass is 9.87. The molecule has 0 unspecified atom stereocenters. The number of amides is 2. The standard InChI is InChI=1S/C23H24ClN3O4/c1-23(2,3)15-5-7-16(8-6-15)27-10-11-31-20(22(27)30)19(28)21(29)26-18-9-4-14(13-25)12-17(18)24/h4-9,12,19-20,28H,10-11H2,1-3H3,(H,26,29)/t19-,20-/m1/s1. The molecule has 0 aromatic heterocycles. The topological polar surface area (TPSA) is 103 Å². The number of aliphatic hydroxyl groups is 1. The first kappa shape index (κ1) is 22.8. The number of benzene rings is 2. The zero-order valence-corrected chi connectivity index (χ0v) is 18.3. The SMILES string of the molecule is CC(C)(C)c1ccc(N2CCO[C@H]([C@@H](O)C(=O)Nc3ccc(C#N)cc3Cl)C2=O)cc1. The van der Waals surface area contributed by atoms with Gasteiger partial charge in [-0.05, 0) is 41.3 Å². The minimum Gasteiger partial charge on any atom is -0.380 e. The van der Waals surface area contributed by atoms with Crippen molar-refractivity contribution in [1.29, 1.82) is 5.26 Å². The lowest BCUT2D eigenvalue weighted by molar-refractivity contribution is -0.150. The summed E-state index contributed by atoms with van der Waals surface area (Å²) in [6.07, 6.45) is -3.07. The number of aliphatic hydroxyl groups excluding tert-OH is 1. The second kappa shape index (κ2) is 9.06. The van der Waals surface area contributed by atoms with Crippen LogP contribution in [0, 0.1) is 11.3 Å². The third kappa shape index (κ3) is 5.05. The molecule has 2 N–H and O–H groups in total. The van der Waals surface area contributed by atoms with Crippen LogP contribution in [0.4, 0.5) is 11.4 Å². The van der Waals surface area contributed by atoms with E-state index in [1.807, 2.05) is 30.3 Å². The molecule has 0 bridgehead atoms. The molecule has 1 aliphatic rings. The molecular weight excluding hydrogens is 418 g/mol. The van der Waals surface area contributed by atoms with Crippen molar-refractivity contribution in [2.24, 2.45) is 0 Å². The fourth-order valence-electron chi connectivity index (χ4n) is 3.26. The van der Waals surface area contributed by atoms with E-state index in [1.165, 1.54) is 23.1 Å². The number of morpholine rings is 1. The maximum Gasteiger partial charge on any atom is 0.259 e. The molecule has 2 amide bonds. The number of carbonyl (C=O) groups is 2. The highest BCUT2D eigenvalue weighted by molar-refractivity contribution is 6.33. The number of hydrogen-bond acceptors (Lipinski definition) is 5. The predicted octanol–water partition coefficient (Wildman–Crippen LogP) is 3.24. The van der Waals surface area contributed by atoms with Gasteiger partial charge in [-0.25, -0.2) is 0 Å². The lowest BCUT2D eigenvalue weighted by Gasteiger charge is -2.34. The Morgan fingerprint density at radius 2 is 1.97 bits per heavy atom. The van der Waals surface area contributed by atoms with Crippen LogP contribution in [0.1, 0.15) is 31.9 Å². The van der Waals surface area contributed by atoms with Crippen LogP contribution in [0.5, 0.6) is 0 Å².